The number of benzene rings is 3. The maximum atomic E-state index is 12.9. The van der Waals surface area contributed by atoms with Crippen LogP contribution in [-0.2, 0) is 16.1 Å². The van der Waals surface area contributed by atoms with E-state index in [9.17, 15) is 4.79 Å². The number of esters is 1. The fraction of sp³-hybridized carbons (Fsp3) is 0.0870. The first-order valence-electron chi connectivity index (χ1n) is 9.11. The zero-order valence-electron chi connectivity index (χ0n) is 15.5. The van der Waals surface area contributed by atoms with Gasteiger partial charge in [0.15, 0.2) is 6.61 Å². The van der Waals surface area contributed by atoms with Crippen molar-refractivity contribution in [2.24, 2.45) is 0 Å². The fourth-order valence-corrected chi connectivity index (χ4v) is 3.78. The molecule has 0 fully saturated rings. The van der Waals surface area contributed by atoms with Crippen LogP contribution in [0.25, 0.3) is 11.5 Å². The van der Waals surface area contributed by atoms with Crippen molar-refractivity contribution in [3.8, 4) is 11.5 Å². The first kappa shape index (κ1) is 19.0. The minimum atomic E-state index is -0.491. The number of hydrogen-bond donors (Lipinski definition) is 0. The van der Waals surface area contributed by atoms with Crippen molar-refractivity contribution < 1.29 is 13.9 Å². The minimum Gasteiger partial charge on any atom is -0.455 e. The standard InChI is InChI=1S/C23H18N2O3S/c26-23(27-16-20-24-25-22(28-20)18-12-6-2-7-13-18)21(17-10-4-1-5-11-17)29-19-14-8-3-9-15-19/h1-15,21H,16H2/t21-/m1/s1. The average Bonchev–Trinajstić information content (AvgIpc) is 3.27. The molecule has 0 aliphatic carbocycles. The number of carbonyl (C=O) groups excluding carboxylic acids is 1. The van der Waals surface area contributed by atoms with Gasteiger partial charge in [-0.3, -0.25) is 4.79 Å². The summed E-state index contributed by atoms with van der Waals surface area (Å²) in [5.74, 6) is 0.299. The molecule has 6 heteroatoms. The van der Waals surface area contributed by atoms with Gasteiger partial charge in [0.25, 0.3) is 5.89 Å². The Morgan fingerprint density at radius 2 is 1.48 bits per heavy atom. The quantitative estimate of drug-likeness (QED) is 0.308. The summed E-state index contributed by atoms with van der Waals surface area (Å²) < 4.78 is 11.1. The third kappa shape index (κ3) is 4.92. The molecule has 0 amide bonds. The van der Waals surface area contributed by atoms with E-state index in [1.807, 2.05) is 91.0 Å². The number of aromatic nitrogens is 2. The summed E-state index contributed by atoms with van der Waals surface area (Å²) in [6.45, 7) is -0.0721. The van der Waals surface area contributed by atoms with Crippen LogP contribution in [0.3, 0.4) is 0 Å². The molecule has 0 unspecified atom stereocenters. The Morgan fingerprint density at radius 3 is 2.17 bits per heavy atom. The van der Waals surface area contributed by atoms with Crippen LogP contribution in [0.4, 0.5) is 0 Å². The molecule has 1 atom stereocenters. The van der Waals surface area contributed by atoms with Crippen LogP contribution < -0.4 is 0 Å². The van der Waals surface area contributed by atoms with Crippen molar-refractivity contribution in [2.75, 3.05) is 0 Å². The molecule has 0 N–H and O–H groups in total. The normalized spacial score (nSPS) is 11.7. The molecule has 0 saturated carbocycles. The van der Waals surface area contributed by atoms with Gasteiger partial charge in [0, 0.05) is 10.5 Å². The molecule has 4 rings (SSSR count). The van der Waals surface area contributed by atoms with E-state index in [-0.39, 0.29) is 18.5 Å². The predicted octanol–water partition coefficient (Wildman–Crippen LogP) is 5.31. The Bertz CT molecular complexity index is 1050. The Morgan fingerprint density at radius 1 is 0.862 bits per heavy atom. The second-order valence-corrected chi connectivity index (χ2v) is 7.37. The van der Waals surface area contributed by atoms with Gasteiger partial charge >= 0.3 is 5.97 Å². The second kappa shape index (κ2) is 9.21. The second-order valence-electron chi connectivity index (χ2n) is 6.20. The van der Waals surface area contributed by atoms with E-state index < -0.39 is 5.25 Å². The van der Waals surface area contributed by atoms with Crippen LogP contribution in [0.2, 0.25) is 0 Å². The Labute approximate surface area is 172 Å². The molecule has 0 radical (unpaired) electrons. The molecular formula is C23H18N2O3S. The molecule has 0 bridgehead atoms. The smallest absolute Gasteiger partial charge is 0.324 e. The zero-order chi connectivity index (χ0) is 19.9. The Kier molecular flexibility index (Phi) is 6.02. The summed E-state index contributed by atoms with van der Waals surface area (Å²) in [6.07, 6.45) is 0. The number of ether oxygens (including phenoxy) is 1. The van der Waals surface area contributed by atoms with E-state index in [1.54, 1.807) is 0 Å². The van der Waals surface area contributed by atoms with Gasteiger partial charge in [-0.05, 0) is 29.8 Å². The minimum absolute atomic E-state index is 0.0721. The third-order valence-corrected chi connectivity index (χ3v) is 5.38. The lowest BCUT2D eigenvalue weighted by atomic mass is 10.1. The summed E-state index contributed by atoms with van der Waals surface area (Å²) in [6, 6.07) is 28.8. The first-order chi connectivity index (χ1) is 14.3. The number of carbonyl (C=O) groups is 1. The van der Waals surface area contributed by atoms with Crippen molar-refractivity contribution in [1.29, 1.82) is 0 Å². The van der Waals surface area contributed by atoms with E-state index in [0.29, 0.717) is 5.89 Å². The zero-order valence-corrected chi connectivity index (χ0v) is 16.3. The highest BCUT2D eigenvalue weighted by molar-refractivity contribution is 8.00. The van der Waals surface area contributed by atoms with Gasteiger partial charge in [0.05, 0.1) is 0 Å². The van der Waals surface area contributed by atoms with E-state index in [0.717, 1.165) is 16.0 Å². The van der Waals surface area contributed by atoms with Crippen LogP contribution in [0.1, 0.15) is 16.7 Å². The third-order valence-electron chi connectivity index (χ3n) is 4.14. The molecule has 5 nitrogen and oxygen atoms in total. The molecule has 144 valence electrons. The predicted molar refractivity (Wildman–Crippen MR) is 111 cm³/mol. The molecule has 0 spiro atoms. The fourth-order valence-electron chi connectivity index (χ4n) is 2.73. The lowest BCUT2D eigenvalue weighted by Crippen LogP contribution is -2.13. The summed E-state index contributed by atoms with van der Waals surface area (Å²) >= 11 is 1.45. The lowest BCUT2D eigenvalue weighted by molar-refractivity contribution is -0.145. The van der Waals surface area contributed by atoms with Crippen molar-refractivity contribution in [3.05, 3.63) is 102 Å². The van der Waals surface area contributed by atoms with Crippen molar-refractivity contribution in [1.82, 2.24) is 10.2 Å². The van der Waals surface area contributed by atoms with Gasteiger partial charge in [0.2, 0.25) is 5.89 Å². The SMILES string of the molecule is O=C(OCc1nnc(-c2ccccc2)o1)[C@H](Sc1ccccc1)c1ccccc1. The van der Waals surface area contributed by atoms with Crippen LogP contribution >= 0.6 is 11.8 Å². The van der Waals surface area contributed by atoms with Gasteiger partial charge < -0.3 is 9.15 Å². The topological polar surface area (TPSA) is 65.2 Å². The maximum absolute atomic E-state index is 12.9. The average molecular weight is 402 g/mol. The van der Waals surface area contributed by atoms with Crippen LogP contribution in [-0.4, -0.2) is 16.2 Å². The van der Waals surface area contributed by atoms with Crippen LogP contribution in [0.5, 0.6) is 0 Å². The van der Waals surface area contributed by atoms with Crippen molar-refractivity contribution in [3.63, 3.8) is 0 Å². The first-order valence-corrected chi connectivity index (χ1v) is 9.98. The summed E-state index contributed by atoms with van der Waals surface area (Å²) in [5.41, 5.74) is 1.70. The van der Waals surface area contributed by atoms with E-state index in [2.05, 4.69) is 10.2 Å². The van der Waals surface area contributed by atoms with E-state index in [1.165, 1.54) is 11.8 Å². The van der Waals surface area contributed by atoms with E-state index in [4.69, 9.17) is 9.15 Å². The molecule has 4 aromatic rings. The number of hydrogen-bond acceptors (Lipinski definition) is 6. The highest BCUT2D eigenvalue weighted by Crippen LogP contribution is 2.36. The Balaban J connectivity index is 1.46. The highest BCUT2D eigenvalue weighted by atomic mass is 32.2. The van der Waals surface area contributed by atoms with Gasteiger partial charge in [-0.1, -0.05) is 66.7 Å². The molecule has 0 saturated heterocycles. The molecule has 1 aromatic heterocycles. The van der Waals surface area contributed by atoms with E-state index >= 15 is 0 Å². The van der Waals surface area contributed by atoms with Crippen molar-refractivity contribution in [2.45, 2.75) is 16.8 Å². The molecule has 29 heavy (non-hydrogen) atoms. The number of nitrogens with zero attached hydrogens (tertiary/aromatic N) is 2. The van der Waals surface area contributed by atoms with Crippen LogP contribution in [0, 0.1) is 0 Å². The summed E-state index contributed by atoms with van der Waals surface area (Å²) in [7, 11) is 0. The summed E-state index contributed by atoms with van der Waals surface area (Å²) in [4.78, 5) is 13.9. The monoisotopic (exact) mass is 402 g/mol. The molecule has 0 aliphatic heterocycles. The molecule has 1 heterocycles. The van der Waals surface area contributed by atoms with Gasteiger partial charge in [-0.25, -0.2) is 0 Å². The summed E-state index contributed by atoms with van der Waals surface area (Å²) in [5, 5.41) is 7.51. The van der Waals surface area contributed by atoms with Gasteiger partial charge in [-0.2, -0.15) is 0 Å². The lowest BCUT2D eigenvalue weighted by Gasteiger charge is -2.15. The molecule has 0 aliphatic rings. The largest absolute Gasteiger partial charge is 0.455 e. The maximum Gasteiger partial charge on any atom is 0.324 e. The van der Waals surface area contributed by atoms with Gasteiger partial charge in [0.1, 0.15) is 5.25 Å². The number of thioether (sulfide) groups is 1. The molecule has 3 aromatic carbocycles. The molecular weight excluding hydrogens is 384 g/mol. The van der Waals surface area contributed by atoms with Gasteiger partial charge in [-0.15, -0.1) is 22.0 Å². The van der Waals surface area contributed by atoms with Crippen LogP contribution in [0.15, 0.2) is 100 Å². The highest BCUT2D eigenvalue weighted by Gasteiger charge is 2.24. The van der Waals surface area contributed by atoms with Crippen molar-refractivity contribution >= 4 is 17.7 Å². The number of rotatable bonds is 7. The Hall–Kier alpha value is -3.38.